The summed E-state index contributed by atoms with van der Waals surface area (Å²) in [6.45, 7) is 1.49. The molecule has 3 rings (SSSR count). The van der Waals surface area contributed by atoms with Crippen molar-refractivity contribution >= 4 is 23.4 Å². The fourth-order valence-electron chi connectivity index (χ4n) is 2.29. The van der Waals surface area contributed by atoms with Gasteiger partial charge in [-0.05, 0) is 29.8 Å². The van der Waals surface area contributed by atoms with Gasteiger partial charge in [0.2, 0.25) is 0 Å². The second-order valence-corrected chi connectivity index (χ2v) is 5.12. The van der Waals surface area contributed by atoms with Crippen LogP contribution in [0.4, 0.5) is 16.2 Å². The minimum absolute atomic E-state index is 0.299. The summed E-state index contributed by atoms with van der Waals surface area (Å²) in [7, 11) is 0. The number of ether oxygens (including phenoxy) is 1. The first-order valence-electron chi connectivity index (χ1n) is 7.37. The molecule has 0 unspecified atom stereocenters. The quantitative estimate of drug-likeness (QED) is 0.672. The van der Waals surface area contributed by atoms with Gasteiger partial charge in [-0.15, -0.1) is 0 Å². The Hall–Kier alpha value is -3.02. The Kier molecular flexibility index (Phi) is 4.42. The van der Waals surface area contributed by atoms with Crippen molar-refractivity contribution in [2.24, 2.45) is 10.7 Å². The molecule has 2 aromatic rings. The van der Waals surface area contributed by atoms with Gasteiger partial charge in [-0.1, -0.05) is 30.3 Å². The summed E-state index contributed by atoms with van der Waals surface area (Å²) in [4.78, 5) is 17.4. The molecule has 1 fully saturated rings. The van der Waals surface area contributed by atoms with E-state index in [1.54, 1.807) is 4.90 Å². The number of rotatable bonds is 4. The van der Waals surface area contributed by atoms with Gasteiger partial charge < -0.3 is 15.8 Å². The lowest BCUT2D eigenvalue weighted by Gasteiger charge is -2.12. The summed E-state index contributed by atoms with van der Waals surface area (Å²) >= 11 is 0. The zero-order valence-corrected chi connectivity index (χ0v) is 12.6. The molecule has 23 heavy (non-hydrogen) atoms. The van der Waals surface area contributed by atoms with Crippen LogP contribution in [0.25, 0.3) is 0 Å². The highest BCUT2D eigenvalue weighted by Crippen LogP contribution is 2.19. The summed E-state index contributed by atoms with van der Waals surface area (Å²) < 4.78 is 4.93. The summed E-state index contributed by atoms with van der Waals surface area (Å²) in [6.07, 6.45) is -0.299. The molecule has 1 heterocycles. The van der Waals surface area contributed by atoms with Crippen LogP contribution < -0.4 is 16.0 Å². The third-order valence-electron chi connectivity index (χ3n) is 3.49. The van der Waals surface area contributed by atoms with Gasteiger partial charge in [-0.25, -0.2) is 9.79 Å². The lowest BCUT2D eigenvalue weighted by Crippen LogP contribution is -2.23. The van der Waals surface area contributed by atoms with E-state index in [0.29, 0.717) is 25.7 Å². The van der Waals surface area contributed by atoms with Crippen LogP contribution in [0.2, 0.25) is 0 Å². The Bertz CT molecular complexity index is 698. The van der Waals surface area contributed by atoms with Crippen molar-refractivity contribution in [2.75, 3.05) is 23.4 Å². The molecule has 0 spiro atoms. The zero-order chi connectivity index (χ0) is 16.1. The molecule has 0 bridgehead atoms. The Morgan fingerprint density at radius 1 is 1.17 bits per heavy atom. The molecule has 6 heteroatoms. The van der Waals surface area contributed by atoms with E-state index in [4.69, 9.17) is 10.5 Å². The fraction of sp³-hybridized carbons (Fsp3) is 0.176. The van der Waals surface area contributed by atoms with E-state index in [9.17, 15) is 4.79 Å². The highest BCUT2D eigenvalue weighted by atomic mass is 16.6. The molecular weight excluding hydrogens is 292 g/mol. The van der Waals surface area contributed by atoms with Crippen LogP contribution in [-0.4, -0.2) is 25.2 Å². The first kappa shape index (κ1) is 14.9. The van der Waals surface area contributed by atoms with Gasteiger partial charge >= 0.3 is 6.09 Å². The maximum atomic E-state index is 11.5. The number of carbonyl (C=O) groups excluding carboxylic acids is 1. The molecule has 1 aliphatic heterocycles. The first-order chi connectivity index (χ1) is 11.2. The van der Waals surface area contributed by atoms with Crippen molar-refractivity contribution in [3.05, 3.63) is 60.2 Å². The van der Waals surface area contributed by atoms with Crippen molar-refractivity contribution in [2.45, 2.75) is 6.54 Å². The summed E-state index contributed by atoms with van der Waals surface area (Å²) in [5.74, 6) is 0.364. The topological polar surface area (TPSA) is 79.9 Å². The smallest absolute Gasteiger partial charge is 0.414 e. The number of benzene rings is 2. The van der Waals surface area contributed by atoms with Gasteiger partial charge in [-0.3, -0.25) is 4.90 Å². The van der Waals surface area contributed by atoms with E-state index in [2.05, 4.69) is 10.3 Å². The van der Waals surface area contributed by atoms with E-state index in [1.165, 1.54) is 0 Å². The van der Waals surface area contributed by atoms with Crippen LogP contribution in [0.3, 0.4) is 0 Å². The van der Waals surface area contributed by atoms with E-state index in [-0.39, 0.29) is 6.09 Å². The number of hydrogen-bond acceptors (Lipinski definition) is 3. The SMILES string of the molecule is NC(=NCc1ccc(N2CCOC2=O)cc1)Nc1ccccc1. The molecule has 0 aromatic heterocycles. The molecule has 1 amide bonds. The number of anilines is 2. The number of nitrogens with one attached hydrogen (secondary N) is 1. The molecule has 1 aliphatic rings. The monoisotopic (exact) mass is 310 g/mol. The van der Waals surface area contributed by atoms with Crippen LogP contribution >= 0.6 is 0 Å². The lowest BCUT2D eigenvalue weighted by atomic mass is 10.2. The second kappa shape index (κ2) is 6.83. The second-order valence-electron chi connectivity index (χ2n) is 5.12. The molecule has 3 N–H and O–H groups in total. The molecule has 0 aliphatic carbocycles. The van der Waals surface area contributed by atoms with Gasteiger partial charge in [0.1, 0.15) is 6.61 Å². The van der Waals surface area contributed by atoms with Crippen molar-refractivity contribution in [1.82, 2.24) is 0 Å². The first-order valence-corrected chi connectivity index (χ1v) is 7.37. The molecule has 6 nitrogen and oxygen atoms in total. The summed E-state index contributed by atoms with van der Waals surface area (Å²) in [6, 6.07) is 17.3. The number of nitrogens with zero attached hydrogens (tertiary/aromatic N) is 2. The van der Waals surface area contributed by atoms with E-state index >= 15 is 0 Å². The Labute approximate surface area is 134 Å². The van der Waals surface area contributed by atoms with Crippen molar-refractivity contribution in [1.29, 1.82) is 0 Å². The van der Waals surface area contributed by atoms with Crippen LogP contribution in [0.15, 0.2) is 59.6 Å². The van der Waals surface area contributed by atoms with Gasteiger partial charge in [0.25, 0.3) is 0 Å². The van der Waals surface area contributed by atoms with E-state index in [1.807, 2.05) is 54.6 Å². The minimum atomic E-state index is -0.299. The Morgan fingerprint density at radius 2 is 1.91 bits per heavy atom. The highest BCUT2D eigenvalue weighted by molar-refractivity contribution is 5.92. The Balaban J connectivity index is 1.59. The number of nitrogens with two attached hydrogens (primary N) is 1. The number of cyclic esters (lactones) is 1. The fourth-order valence-corrected chi connectivity index (χ4v) is 2.29. The maximum Gasteiger partial charge on any atom is 0.414 e. The van der Waals surface area contributed by atoms with Gasteiger partial charge in [0.05, 0.1) is 13.1 Å². The molecular formula is C17H18N4O2. The molecule has 2 aromatic carbocycles. The third-order valence-corrected chi connectivity index (χ3v) is 3.49. The predicted molar refractivity (Wildman–Crippen MR) is 90.5 cm³/mol. The van der Waals surface area contributed by atoms with Crippen molar-refractivity contribution in [3.63, 3.8) is 0 Å². The average molecular weight is 310 g/mol. The third kappa shape index (κ3) is 3.79. The standard InChI is InChI=1S/C17H18N4O2/c18-16(20-14-4-2-1-3-5-14)19-12-13-6-8-15(9-7-13)21-10-11-23-17(21)22/h1-9H,10-12H2,(H3,18,19,20). The zero-order valence-electron chi connectivity index (χ0n) is 12.6. The number of aliphatic imine (C=N–C) groups is 1. The van der Waals surface area contributed by atoms with Crippen molar-refractivity contribution in [3.8, 4) is 0 Å². The predicted octanol–water partition coefficient (Wildman–Crippen LogP) is 2.57. The largest absolute Gasteiger partial charge is 0.447 e. The molecule has 1 saturated heterocycles. The van der Waals surface area contributed by atoms with Gasteiger partial charge in [0.15, 0.2) is 5.96 Å². The summed E-state index contributed by atoms with van der Waals surface area (Å²) in [5.41, 5.74) is 8.61. The maximum absolute atomic E-state index is 11.5. The van der Waals surface area contributed by atoms with Crippen LogP contribution in [0.5, 0.6) is 0 Å². The molecule has 118 valence electrons. The van der Waals surface area contributed by atoms with Crippen LogP contribution in [0, 0.1) is 0 Å². The Morgan fingerprint density at radius 3 is 2.57 bits per heavy atom. The average Bonchev–Trinajstić information content (AvgIpc) is 3.00. The van der Waals surface area contributed by atoms with Crippen LogP contribution in [-0.2, 0) is 11.3 Å². The number of amides is 1. The van der Waals surface area contributed by atoms with Crippen LogP contribution in [0.1, 0.15) is 5.56 Å². The number of carbonyl (C=O) groups is 1. The number of hydrogen-bond donors (Lipinski definition) is 2. The molecule has 0 atom stereocenters. The van der Waals surface area contributed by atoms with E-state index in [0.717, 1.165) is 16.9 Å². The number of para-hydroxylation sites is 1. The highest BCUT2D eigenvalue weighted by Gasteiger charge is 2.23. The summed E-state index contributed by atoms with van der Waals surface area (Å²) in [5, 5.41) is 3.03. The molecule has 0 saturated carbocycles. The number of guanidine groups is 1. The van der Waals surface area contributed by atoms with E-state index < -0.39 is 0 Å². The van der Waals surface area contributed by atoms with Gasteiger partial charge in [-0.2, -0.15) is 0 Å². The van der Waals surface area contributed by atoms with Gasteiger partial charge in [0, 0.05) is 11.4 Å². The van der Waals surface area contributed by atoms with Crippen molar-refractivity contribution < 1.29 is 9.53 Å². The normalized spacial score (nSPS) is 14.7. The molecule has 0 radical (unpaired) electrons. The lowest BCUT2D eigenvalue weighted by molar-refractivity contribution is 0.181. The minimum Gasteiger partial charge on any atom is -0.447 e.